The molecule has 0 fully saturated rings. The van der Waals surface area contributed by atoms with E-state index in [0.717, 1.165) is 5.56 Å². The second kappa shape index (κ2) is 5.89. The maximum absolute atomic E-state index is 11.9. The summed E-state index contributed by atoms with van der Waals surface area (Å²) in [5, 5.41) is 15.6. The van der Waals surface area contributed by atoms with Crippen LogP contribution in [0.15, 0.2) is 30.5 Å². The number of methoxy groups -OCH3 is 1. The molecule has 1 aromatic carbocycles. The van der Waals surface area contributed by atoms with Crippen molar-refractivity contribution in [1.29, 1.82) is 5.26 Å². The van der Waals surface area contributed by atoms with Crippen molar-refractivity contribution in [3.8, 4) is 11.8 Å². The van der Waals surface area contributed by atoms with E-state index in [4.69, 9.17) is 10.00 Å². The molecule has 0 saturated heterocycles. The first-order valence-corrected chi connectivity index (χ1v) is 5.99. The fraction of sp³-hybridized carbons (Fsp3) is 0.214. The van der Waals surface area contributed by atoms with Crippen LogP contribution in [0.3, 0.4) is 0 Å². The van der Waals surface area contributed by atoms with E-state index >= 15 is 0 Å². The lowest BCUT2D eigenvalue weighted by Gasteiger charge is -2.05. The Bertz CT molecular complexity index is 670. The van der Waals surface area contributed by atoms with Crippen LogP contribution in [0.1, 0.15) is 11.1 Å². The molecule has 102 valence electrons. The summed E-state index contributed by atoms with van der Waals surface area (Å²) in [7, 11) is 3.27. The second-order valence-corrected chi connectivity index (χ2v) is 4.25. The minimum Gasteiger partial charge on any atom is -0.497 e. The summed E-state index contributed by atoms with van der Waals surface area (Å²) in [5.74, 6) is 0.752. The second-order valence-electron chi connectivity index (χ2n) is 4.25. The third-order valence-electron chi connectivity index (χ3n) is 2.71. The Labute approximate surface area is 116 Å². The molecule has 0 aliphatic rings. The van der Waals surface area contributed by atoms with Gasteiger partial charge in [0, 0.05) is 13.2 Å². The van der Waals surface area contributed by atoms with Gasteiger partial charge in [-0.1, -0.05) is 12.1 Å². The first kappa shape index (κ1) is 13.6. The zero-order valence-electron chi connectivity index (χ0n) is 11.3. The molecule has 20 heavy (non-hydrogen) atoms. The van der Waals surface area contributed by atoms with Crippen LogP contribution in [0.4, 0.5) is 5.82 Å². The molecule has 1 N–H and O–H groups in total. The van der Waals surface area contributed by atoms with Crippen LogP contribution < -0.4 is 10.1 Å². The van der Waals surface area contributed by atoms with Gasteiger partial charge < -0.3 is 10.1 Å². The smallest absolute Gasteiger partial charge is 0.230 e. The van der Waals surface area contributed by atoms with Crippen LogP contribution >= 0.6 is 0 Å². The van der Waals surface area contributed by atoms with Crippen molar-refractivity contribution in [1.82, 2.24) is 9.78 Å². The Morgan fingerprint density at radius 2 is 2.35 bits per heavy atom. The van der Waals surface area contributed by atoms with Gasteiger partial charge in [-0.2, -0.15) is 10.4 Å². The number of carbonyl (C=O) groups excluding carboxylic acids is 1. The number of ether oxygens (including phenoxy) is 1. The topological polar surface area (TPSA) is 79.9 Å². The summed E-state index contributed by atoms with van der Waals surface area (Å²) >= 11 is 0. The Hall–Kier alpha value is -2.81. The van der Waals surface area contributed by atoms with E-state index in [9.17, 15) is 4.79 Å². The van der Waals surface area contributed by atoms with Crippen LogP contribution in [0.5, 0.6) is 5.75 Å². The largest absolute Gasteiger partial charge is 0.497 e. The molecule has 6 heteroatoms. The molecule has 0 radical (unpaired) electrons. The van der Waals surface area contributed by atoms with E-state index < -0.39 is 0 Å². The lowest BCUT2D eigenvalue weighted by atomic mass is 10.1. The van der Waals surface area contributed by atoms with Crippen molar-refractivity contribution < 1.29 is 9.53 Å². The molecule has 2 rings (SSSR count). The van der Waals surface area contributed by atoms with E-state index in [0.29, 0.717) is 11.3 Å². The zero-order chi connectivity index (χ0) is 14.5. The summed E-state index contributed by atoms with van der Waals surface area (Å²) < 4.78 is 6.59. The Morgan fingerprint density at radius 3 is 3.05 bits per heavy atom. The lowest BCUT2D eigenvalue weighted by molar-refractivity contribution is -0.115. The van der Waals surface area contributed by atoms with Crippen molar-refractivity contribution in [2.75, 3.05) is 12.4 Å². The average molecular weight is 270 g/mol. The van der Waals surface area contributed by atoms with Gasteiger partial charge in [0.1, 0.15) is 17.4 Å². The van der Waals surface area contributed by atoms with Crippen LogP contribution in [-0.4, -0.2) is 22.8 Å². The van der Waals surface area contributed by atoms with Gasteiger partial charge in [0.05, 0.1) is 13.5 Å². The van der Waals surface area contributed by atoms with Crippen LogP contribution in [0, 0.1) is 11.3 Å². The van der Waals surface area contributed by atoms with Crippen molar-refractivity contribution in [2.24, 2.45) is 7.05 Å². The zero-order valence-corrected chi connectivity index (χ0v) is 11.3. The molecule has 0 spiro atoms. The molecule has 0 bridgehead atoms. The maximum Gasteiger partial charge on any atom is 0.230 e. The first-order chi connectivity index (χ1) is 9.62. The summed E-state index contributed by atoms with van der Waals surface area (Å²) in [6, 6.07) is 9.26. The number of nitriles is 1. The number of anilines is 1. The SMILES string of the molecule is COc1cccc(CC(=O)Nc2nn(C)cc2C#N)c1. The Balaban J connectivity index is 2.07. The minimum absolute atomic E-state index is 0.193. The van der Waals surface area contributed by atoms with Gasteiger partial charge >= 0.3 is 0 Å². The molecular formula is C14H14N4O2. The summed E-state index contributed by atoms with van der Waals surface area (Å²) in [4.78, 5) is 11.9. The lowest BCUT2D eigenvalue weighted by Crippen LogP contribution is -2.15. The van der Waals surface area contributed by atoms with Gasteiger partial charge in [-0.25, -0.2) is 0 Å². The highest BCUT2D eigenvalue weighted by atomic mass is 16.5. The highest BCUT2D eigenvalue weighted by Crippen LogP contribution is 2.15. The van der Waals surface area contributed by atoms with E-state index in [2.05, 4.69) is 10.4 Å². The van der Waals surface area contributed by atoms with Crippen molar-refractivity contribution in [3.05, 3.63) is 41.6 Å². The third kappa shape index (κ3) is 3.14. The molecular weight excluding hydrogens is 256 g/mol. The van der Waals surface area contributed by atoms with Gasteiger partial charge in [-0.3, -0.25) is 9.48 Å². The predicted molar refractivity (Wildman–Crippen MR) is 73.3 cm³/mol. The van der Waals surface area contributed by atoms with Gasteiger partial charge in [-0.05, 0) is 17.7 Å². The van der Waals surface area contributed by atoms with Crippen LogP contribution in [0.2, 0.25) is 0 Å². The highest BCUT2D eigenvalue weighted by molar-refractivity contribution is 5.92. The first-order valence-electron chi connectivity index (χ1n) is 5.99. The number of carbonyl (C=O) groups is 1. The molecule has 1 aromatic heterocycles. The van der Waals surface area contributed by atoms with E-state index in [1.807, 2.05) is 24.3 Å². The molecule has 0 unspecified atom stereocenters. The van der Waals surface area contributed by atoms with Gasteiger partial charge in [-0.15, -0.1) is 0 Å². The average Bonchev–Trinajstić information content (AvgIpc) is 2.78. The number of hydrogen-bond acceptors (Lipinski definition) is 4. The van der Waals surface area contributed by atoms with Crippen LogP contribution in [0.25, 0.3) is 0 Å². The van der Waals surface area contributed by atoms with Gasteiger partial charge in [0.2, 0.25) is 5.91 Å². The highest BCUT2D eigenvalue weighted by Gasteiger charge is 2.11. The Morgan fingerprint density at radius 1 is 1.55 bits per heavy atom. The van der Waals surface area contributed by atoms with Crippen molar-refractivity contribution >= 4 is 11.7 Å². The molecule has 0 aliphatic carbocycles. The number of nitrogens with one attached hydrogen (secondary N) is 1. The molecule has 1 heterocycles. The number of rotatable bonds is 4. The fourth-order valence-corrected chi connectivity index (χ4v) is 1.81. The summed E-state index contributed by atoms with van der Waals surface area (Å²) in [6.07, 6.45) is 1.75. The molecule has 2 aromatic rings. The van der Waals surface area contributed by atoms with E-state index in [1.165, 1.54) is 4.68 Å². The van der Waals surface area contributed by atoms with Crippen molar-refractivity contribution in [3.63, 3.8) is 0 Å². The standard InChI is InChI=1S/C14H14N4O2/c1-18-9-11(8-15)14(17-18)16-13(19)7-10-4-3-5-12(6-10)20-2/h3-6,9H,7H2,1-2H3,(H,16,17,19). The molecule has 0 saturated carbocycles. The number of benzene rings is 1. The molecule has 0 atom stereocenters. The number of amides is 1. The third-order valence-corrected chi connectivity index (χ3v) is 2.71. The van der Waals surface area contributed by atoms with E-state index in [-0.39, 0.29) is 18.1 Å². The number of nitrogens with zero attached hydrogens (tertiary/aromatic N) is 3. The summed E-state index contributed by atoms with van der Waals surface area (Å²) in [6.45, 7) is 0. The van der Waals surface area contributed by atoms with E-state index in [1.54, 1.807) is 26.4 Å². The monoisotopic (exact) mass is 270 g/mol. The fourth-order valence-electron chi connectivity index (χ4n) is 1.81. The van der Waals surface area contributed by atoms with Crippen molar-refractivity contribution in [2.45, 2.75) is 6.42 Å². The minimum atomic E-state index is -0.228. The molecule has 0 aliphatic heterocycles. The van der Waals surface area contributed by atoms with Crippen LogP contribution in [-0.2, 0) is 18.3 Å². The van der Waals surface area contributed by atoms with Gasteiger partial charge in [0.15, 0.2) is 5.82 Å². The quantitative estimate of drug-likeness (QED) is 0.912. The normalized spacial score (nSPS) is 9.85. The number of hydrogen-bond donors (Lipinski definition) is 1. The predicted octanol–water partition coefficient (Wildman–Crippen LogP) is 1.48. The number of aryl methyl sites for hydroxylation is 1. The maximum atomic E-state index is 11.9. The molecule has 6 nitrogen and oxygen atoms in total. The van der Waals surface area contributed by atoms with Gasteiger partial charge in [0.25, 0.3) is 0 Å². The Kier molecular flexibility index (Phi) is 4.01. The number of aromatic nitrogens is 2. The molecule has 1 amide bonds. The summed E-state index contributed by atoms with van der Waals surface area (Å²) in [5.41, 5.74) is 1.17.